The molecular weight excluding hydrogens is 364 g/mol. The van der Waals surface area contributed by atoms with Crippen molar-refractivity contribution in [1.29, 1.82) is 0 Å². The lowest BCUT2D eigenvalue weighted by atomic mass is 10.0. The number of fused-ring (bicyclic) bond motifs is 3. The minimum Gasteiger partial charge on any atom is -0.854 e. The van der Waals surface area contributed by atoms with Gasteiger partial charge in [-0.25, -0.2) is 9.88 Å². The highest BCUT2D eigenvalue weighted by atomic mass is 32.2. The van der Waals surface area contributed by atoms with Crippen LogP contribution in [0, 0.1) is 6.92 Å². The van der Waals surface area contributed by atoms with E-state index in [2.05, 4.69) is 10.1 Å². The highest BCUT2D eigenvalue weighted by Crippen LogP contribution is 2.40. The van der Waals surface area contributed by atoms with E-state index in [1.807, 2.05) is 38.1 Å². The third-order valence-corrected chi connectivity index (χ3v) is 5.07. The number of nitrogens with zero attached hydrogens (tertiary/aromatic N) is 4. The molecule has 138 valence electrons. The molecule has 3 heterocycles. The predicted octanol–water partition coefficient (Wildman–Crippen LogP) is 2.43. The number of anilines is 1. The highest BCUT2D eigenvalue weighted by Gasteiger charge is 2.45. The van der Waals surface area contributed by atoms with E-state index in [-0.39, 0.29) is 11.8 Å². The summed E-state index contributed by atoms with van der Waals surface area (Å²) in [4.78, 5) is 18.3. The zero-order chi connectivity index (χ0) is 19.1. The first-order chi connectivity index (χ1) is 13.0. The number of amides is 1. The van der Waals surface area contributed by atoms with Gasteiger partial charge in [0.2, 0.25) is 5.91 Å². The van der Waals surface area contributed by atoms with E-state index in [1.54, 1.807) is 21.7 Å². The number of aromatic nitrogens is 3. The SMILES string of the molecule is CCSc1nc([O-])c2[n+](n1)C(c1ccc(C)o1)N(C(C)=O)c1ccccc1-2. The van der Waals surface area contributed by atoms with Gasteiger partial charge in [-0.05, 0) is 41.6 Å². The van der Waals surface area contributed by atoms with Crippen LogP contribution in [-0.2, 0) is 4.79 Å². The summed E-state index contributed by atoms with van der Waals surface area (Å²) in [6.07, 6.45) is -0.687. The Balaban J connectivity index is 2.05. The second kappa shape index (κ2) is 6.70. The summed E-state index contributed by atoms with van der Waals surface area (Å²) in [5.41, 5.74) is 1.62. The Bertz CT molecular complexity index is 1030. The van der Waals surface area contributed by atoms with Crippen molar-refractivity contribution in [2.75, 3.05) is 10.7 Å². The van der Waals surface area contributed by atoms with Crippen molar-refractivity contribution in [3.63, 3.8) is 0 Å². The molecule has 1 unspecified atom stereocenters. The minimum absolute atomic E-state index is 0.171. The van der Waals surface area contributed by atoms with Gasteiger partial charge in [-0.15, -0.1) is 0 Å². The summed E-state index contributed by atoms with van der Waals surface area (Å²) >= 11 is 1.38. The Hall–Kier alpha value is -2.87. The Morgan fingerprint density at radius 2 is 2.11 bits per heavy atom. The second-order valence-electron chi connectivity index (χ2n) is 6.15. The van der Waals surface area contributed by atoms with Crippen molar-refractivity contribution in [3.8, 4) is 17.1 Å². The molecule has 7 nitrogen and oxygen atoms in total. The fourth-order valence-corrected chi connectivity index (χ4v) is 3.87. The highest BCUT2D eigenvalue weighted by molar-refractivity contribution is 7.99. The zero-order valence-electron chi connectivity index (χ0n) is 15.2. The molecule has 0 N–H and O–H groups in total. The molecule has 8 heteroatoms. The molecule has 3 aromatic rings. The van der Waals surface area contributed by atoms with Gasteiger partial charge in [0.05, 0.1) is 17.1 Å². The summed E-state index contributed by atoms with van der Waals surface area (Å²) in [5.74, 6) is 1.44. The van der Waals surface area contributed by atoms with Crippen LogP contribution in [0.25, 0.3) is 11.3 Å². The van der Waals surface area contributed by atoms with E-state index in [4.69, 9.17) is 4.42 Å². The van der Waals surface area contributed by atoms with E-state index in [9.17, 15) is 9.90 Å². The first-order valence-electron chi connectivity index (χ1n) is 8.60. The molecule has 1 atom stereocenters. The summed E-state index contributed by atoms with van der Waals surface area (Å²) < 4.78 is 7.40. The van der Waals surface area contributed by atoms with Crippen LogP contribution in [0.4, 0.5) is 5.69 Å². The van der Waals surface area contributed by atoms with Crippen LogP contribution in [0.15, 0.2) is 46.0 Å². The fourth-order valence-electron chi connectivity index (χ4n) is 3.32. The number of para-hydroxylation sites is 1. The predicted molar refractivity (Wildman–Crippen MR) is 98.3 cm³/mol. The number of carbonyl (C=O) groups excluding carboxylic acids is 1. The van der Waals surface area contributed by atoms with Crippen LogP contribution < -0.4 is 14.7 Å². The molecular formula is C19H18N4O3S. The number of furan rings is 1. The maximum atomic E-state index is 12.9. The summed E-state index contributed by atoms with van der Waals surface area (Å²) in [5, 5.41) is 17.8. The fraction of sp³-hybridized carbons (Fsp3) is 0.263. The van der Waals surface area contributed by atoms with Gasteiger partial charge >= 0.3 is 6.17 Å². The van der Waals surface area contributed by atoms with E-state index < -0.39 is 6.17 Å². The van der Waals surface area contributed by atoms with Crippen molar-refractivity contribution >= 4 is 23.4 Å². The normalized spacial score (nSPS) is 15.4. The largest absolute Gasteiger partial charge is 0.854 e. The molecule has 0 spiro atoms. The van der Waals surface area contributed by atoms with Crippen molar-refractivity contribution in [2.24, 2.45) is 0 Å². The van der Waals surface area contributed by atoms with Gasteiger partial charge in [0.15, 0.2) is 5.76 Å². The molecule has 0 radical (unpaired) electrons. The molecule has 0 saturated heterocycles. The van der Waals surface area contributed by atoms with Gasteiger partial charge in [-0.3, -0.25) is 4.79 Å². The van der Waals surface area contributed by atoms with Crippen molar-refractivity contribution < 1.29 is 19.0 Å². The molecule has 1 amide bonds. The number of thioether (sulfide) groups is 1. The van der Waals surface area contributed by atoms with Crippen LogP contribution in [0.2, 0.25) is 0 Å². The standard InChI is InChI=1S/C19H18N4O3S/c1-4-27-19-20-17(25)16-13-7-5-6-8-14(13)22(12(3)24)18(23(16)21-19)15-10-9-11(2)26-15/h5-10,18H,4H2,1-3H3. The van der Waals surface area contributed by atoms with Crippen LogP contribution in [-0.4, -0.2) is 21.7 Å². The third kappa shape index (κ3) is 2.86. The molecule has 27 heavy (non-hydrogen) atoms. The first-order valence-corrected chi connectivity index (χ1v) is 9.59. The molecule has 0 saturated carbocycles. The maximum absolute atomic E-state index is 12.9. The van der Waals surface area contributed by atoms with Crippen LogP contribution in [0.5, 0.6) is 5.88 Å². The van der Waals surface area contributed by atoms with Crippen molar-refractivity contribution in [3.05, 3.63) is 47.9 Å². The van der Waals surface area contributed by atoms with Gasteiger partial charge in [0, 0.05) is 12.0 Å². The van der Waals surface area contributed by atoms with Gasteiger partial charge < -0.3 is 9.52 Å². The van der Waals surface area contributed by atoms with Crippen LogP contribution in [0.1, 0.15) is 31.5 Å². The smallest absolute Gasteiger partial charge is 0.325 e. The molecule has 1 aromatic carbocycles. The Kier molecular flexibility index (Phi) is 4.35. The van der Waals surface area contributed by atoms with Crippen LogP contribution in [0.3, 0.4) is 0 Å². The van der Waals surface area contributed by atoms with Gasteiger partial charge in [-0.1, -0.05) is 30.8 Å². The average molecular weight is 382 g/mol. The lowest BCUT2D eigenvalue weighted by Gasteiger charge is -2.31. The molecule has 2 aromatic heterocycles. The number of hydrogen-bond donors (Lipinski definition) is 0. The molecule has 0 aliphatic carbocycles. The quantitative estimate of drug-likeness (QED) is 0.511. The van der Waals surface area contributed by atoms with E-state index >= 15 is 0 Å². The summed E-state index contributed by atoms with van der Waals surface area (Å²) in [6.45, 7) is 5.29. The molecule has 1 aliphatic heterocycles. The number of hydrogen-bond acceptors (Lipinski definition) is 6. The lowest BCUT2D eigenvalue weighted by Crippen LogP contribution is -2.58. The van der Waals surface area contributed by atoms with Gasteiger partial charge in [-0.2, -0.15) is 0 Å². The first kappa shape index (κ1) is 17.5. The minimum atomic E-state index is -0.687. The second-order valence-corrected chi connectivity index (χ2v) is 7.39. The number of rotatable bonds is 3. The summed E-state index contributed by atoms with van der Waals surface area (Å²) in [7, 11) is 0. The topological polar surface area (TPSA) is 86.2 Å². The Morgan fingerprint density at radius 3 is 2.78 bits per heavy atom. The third-order valence-electron chi connectivity index (χ3n) is 4.35. The number of benzene rings is 1. The Labute approximate surface area is 160 Å². The molecule has 0 fully saturated rings. The molecule has 1 aliphatic rings. The lowest BCUT2D eigenvalue weighted by molar-refractivity contribution is -0.765. The van der Waals surface area contributed by atoms with Crippen molar-refractivity contribution in [2.45, 2.75) is 32.1 Å². The Morgan fingerprint density at radius 1 is 1.33 bits per heavy atom. The van der Waals surface area contributed by atoms with E-state index in [0.29, 0.717) is 33.6 Å². The number of aryl methyl sites for hydroxylation is 1. The number of carbonyl (C=O) groups is 1. The van der Waals surface area contributed by atoms with E-state index in [0.717, 1.165) is 5.75 Å². The van der Waals surface area contributed by atoms with Gasteiger partial charge in [0.1, 0.15) is 5.76 Å². The van der Waals surface area contributed by atoms with Gasteiger partial charge in [0.25, 0.3) is 10.9 Å². The zero-order valence-corrected chi connectivity index (χ0v) is 16.0. The molecule has 4 rings (SSSR count). The van der Waals surface area contributed by atoms with E-state index in [1.165, 1.54) is 18.7 Å². The van der Waals surface area contributed by atoms with Crippen LogP contribution >= 0.6 is 11.8 Å². The maximum Gasteiger partial charge on any atom is 0.325 e. The molecule has 0 bridgehead atoms. The summed E-state index contributed by atoms with van der Waals surface area (Å²) in [6, 6.07) is 10.9. The van der Waals surface area contributed by atoms with Crippen molar-refractivity contribution in [1.82, 2.24) is 10.1 Å². The average Bonchev–Trinajstić information content (AvgIpc) is 3.06. The monoisotopic (exact) mass is 382 g/mol.